The molecule has 0 spiro atoms. The molecular weight excluding hydrogens is 282 g/mol. The lowest BCUT2D eigenvalue weighted by molar-refractivity contribution is -0.129. The van der Waals surface area contributed by atoms with Crippen LogP contribution in [0.4, 0.5) is 5.69 Å². The maximum Gasteiger partial charge on any atom is 0.236 e. The van der Waals surface area contributed by atoms with Crippen molar-refractivity contribution in [1.82, 2.24) is 9.80 Å². The molecule has 1 aromatic carbocycles. The number of hydrogen-bond donors (Lipinski definition) is 1. The van der Waals surface area contributed by atoms with E-state index in [-0.39, 0.29) is 5.91 Å². The van der Waals surface area contributed by atoms with E-state index in [0.717, 1.165) is 15.7 Å². The van der Waals surface area contributed by atoms with E-state index in [1.165, 1.54) is 0 Å². The Hall–Kier alpha value is -1.07. The third-order valence-corrected chi connectivity index (χ3v) is 2.79. The first-order valence-electron chi connectivity index (χ1n) is 5.32. The van der Waals surface area contributed by atoms with Gasteiger partial charge in [0.15, 0.2) is 0 Å². The van der Waals surface area contributed by atoms with E-state index in [4.69, 9.17) is 5.73 Å². The highest BCUT2D eigenvalue weighted by molar-refractivity contribution is 9.10. The summed E-state index contributed by atoms with van der Waals surface area (Å²) in [6, 6.07) is 5.78. The number of benzene rings is 1. The molecule has 0 saturated carbocycles. The van der Waals surface area contributed by atoms with Gasteiger partial charge in [-0.15, -0.1) is 0 Å². The van der Waals surface area contributed by atoms with Crippen LogP contribution in [0.5, 0.6) is 0 Å². The molecule has 94 valence electrons. The van der Waals surface area contributed by atoms with Crippen LogP contribution >= 0.6 is 15.9 Å². The van der Waals surface area contributed by atoms with Crippen molar-refractivity contribution < 1.29 is 4.79 Å². The summed E-state index contributed by atoms with van der Waals surface area (Å²) in [4.78, 5) is 15.1. The van der Waals surface area contributed by atoms with E-state index in [0.29, 0.717) is 13.1 Å². The predicted octanol–water partition coefficient (Wildman–Crippen LogP) is 1.55. The summed E-state index contributed by atoms with van der Waals surface area (Å²) in [5.41, 5.74) is 7.57. The number of likely N-dealkylation sites (N-methyl/N-ethyl adjacent to an activating group) is 2. The van der Waals surface area contributed by atoms with E-state index < -0.39 is 0 Å². The first kappa shape index (κ1) is 14.0. The summed E-state index contributed by atoms with van der Waals surface area (Å²) in [6.45, 7) is 1.10. The number of amides is 1. The Morgan fingerprint density at radius 1 is 1.29 bits per heavy atom. The van der Waals surface area contributed by atoms with Gasteiger partial charge in [-0.25, -0.2) is 0 Å². The third kappa shape index (κ3) is 4.75. The largest absolute Gasteiger partial charge is 0.399 e. The minimum Gasteiger partial charge on any atom is -0.399 e. The molecule has 0 bridgehead atoms. The van der Waals surface area contributed by atoms with Crippen molar-refractivity contribution in [1.29, 1.82) is 0 Å². The molecule has 1 amide bonds. The molecule has 0 heterocycles. The van der Waals surface area contributed by atoms with Crippen molar-refractivity contribution in [2.24, 2.45) is 0 Å². The topological polar surface area (TPSA) is 49.6 Å². The molecule has 1 aromatic rings. The summed E-state index contributed by atoms with van der Waals surface area (Å²) < 4.78 is 0.958. The number of carbonyl (C=O) groups is 1. The molecule has 0 aliphatic carbocycles. The molecule has 2 N–H and O–H groups in total. The van der Waals surface area contributed by atoms with Crippen molar-refractivity contribution in [2.75, 3.05) is 33.4 Å². The summed E-state index contributed by atoms with van der Waals surface area (Å²) in [6.07, 6.45) is 0. The van der Waals surface area contributed by atoms with Gasteiger partial charge in [-0.2, -0.15) is 0 Å². The van der Waals surface area contributed by atoms with Gasteiger partial charge in [0.05, 0.1) is 6.54 Å². The average molecular weight is 300 g/mol. The maximum absolute atomic E-state index is 11.5. The quantitative estimate of drug-likeness (QED) is 0.858. The van der Waals surface area contributed by atoms with Crippen LogP contribution in [0.3, 0.4) is 0 Å². The summed E-state index contributed by atoms with van der Waals surface area (Å²) in [5, 5.41) is 0. The van der Waals surface area contributed by atoms with Crippen molar-refractivity contribution >= 4 is 27.5 Å². The minimum atomic E-state index is 0.0930. The summed E-state index contributed by atoms with van der Waals surface area (Å²) in [5.74, 6) is 0.0930. The second kappa shape index (κ2) is 6.02. The van der Waals surface area contributed by atoms with Gasteiger partial charge in [0.25, 0.3) is 0 Å². The highest BCUT2D eigenvalue weighted by atomic mass is 79.9. The van der Waals surface area contributed by atoms with Crippen molar-refractivity contribution in [3.8, 4) is 0 Å². The van der Waals surface area contributed by atoms with E-state index in [2.05, 4.69) is 15.9 Å². The lowest BCUT2D eigenvalue weighted by Gasteiger charge is -2.19. The van der Waals surface area contributed by atoms with Gasteiger partial charge in [0.1, 0.15) is 0 Å². The van der Waals surface area contributed by atoms with Gasteiger partial charge in [0.2, 0.25) is 5.91 Å². The monoisotopic (exact) mass is 299 g/mol. The molecule has 0 aliphatic rings. The van der Waals surface area contributed by atoms with Gasteiger partial charge in [-0.3, -0.25) is 9.69 Å². The molecule has 0 fully saturated rings. The lowest BCUT2D eigenvalue weighted by atomic mass is 10.2. The van der Waals surface area contributed by atoms with Crippen LogP contribution in [0.1, 0.15) is 5.56 Å². The Balaban J connectivity index is 2.61. The average Bonchev–Trinajstić information content (AvgIpc) is 2.14. The van der Waals surface area contributed by atoms with Crippen molar-refractivity contribution in [2.45, 2.75) is 6.54 Å². The third-order valence-electron chi connectivity index (χ3n) is 2.34. The molecule has 5 heteroatoms. The van der Waals surface area contributed by atoms with Crippen LogP contribution in [0.15, 0.2) is 22.7 Å². The zero-order chi connectivity index (χ0) is 13.0. The first-order valence-corrected chi connectivity index (χ1v) is 6.11. The van der Waals surface area contributed by atoms with E-state index >= 15 is 0 Å². The Morgan fingerprint density at radius 2 is 1.94 bits per heavy atom. The fraction of sp³-hybridized carbons (Fsp3) is 0.417. The number of nitrogens with two attached hydrogens (primary N) is 1. The van der Waals surface area contributed by atoms with Gasteiger partial charge >= 0.3 is 0 Å². The van der Waals surface area contributed by atoms with Gasteiger partial charge in [0, 0.05) is 30.8 Å². The van der Waals surface area contributed by atoms with Gasteiger partial charge < -0.3 is 10.6 Å². The fourth-order valence-electron chi connectivity index (χ4n) is 1.51. The van der Waals surface area contributed by atoms with Crippen LogP contribution in [-0.4, -0.2) is 43.4 Å². The number of hydrogen-bond acceptors (Lipinski definition) is 3. The zero-order valence-electron chi connectivity index (χ0n) is 10.4. The van der Waals surface area contributed by atoms with Crippen LogP contribution in [0.25, 0.3) is 0 Å². The second-order valence-electron chi connectivity index (χ2n) is 4.35. The van der Waals surface area contributed by atoms with E-state index in [9.17, 15) is 4.79 Å². The van der Waals surface area contributed by atoms with Gasteiger partial charge in [-0.1, -0.05) is 15.9 Å². The van der Waals surface area contributed by atoms with Crippen molar-refractivity contribution in [3.05, 3.63) is 28.2 Å². The van der Waals surface area contributed by atoms with E-state index in [1.807, 2.05) is 30.1 Å². The Morgan fingerprint density at radius 3 is 2.47 bits per heavy atom. The lowest BCUT2D eigenvalue weighted by Crippen LogP contribution is -2.34. The fourth-order valence-corrected chi connectivity index (χ4v) is 2.06. The number of halogens is 1. The molecule has 0 radical (unpaired) electrons. The summed E-state index contributed by atoms with van der Waals surface area (Å²) in [7, 11) is 5.43. The highest BCUT2D eigenvalue weighted by Gasteiger charge is 2.09. The van der Waals surface area contributed by atoms with Crippen molar-refractivity contribution in [3.63, 3.8) is 0 Å². The Kier molecular flexibility index (Phi) is 4.96. The molecule has 1 rings (SSSR count). The molecule has 17 heavy (non-hydrogen) atoms. The minimum absolute atomic E-state index is 0.0930. The molecule has 0 aromatic heterocycles. The number of anilines is 1. The number of rotatable bonds is 4. The summed E-state index contributed by atoms with van der Waals surface area (Å²) >= 11 is 3.40. The smallest absolute Gasteiger partial charge is 0.236 e. The molecule has 0 unspecified atom stereocenters. The first-order chi connectivity index (χ1) is 7.88. The normalized spacial score (nSPS) is 10.6. The molecule has 0 atom stereocenters. The van der Waals surface area contributed by atoms with Crippen LogP contribution < -0.4 is 5.73 Å². The number of carbonyl (C=O) groups excluding carboxylic acids is 1. The second-order valence-corrected chi connectivity index (χ2v) is 5.27. The van der Waals surface area contributed by atoms with Gasteiger partial charge in [-0.05, 0) is 30.8 Å². The SMILES string of the molecule is CN(CC(=O)N(C)C)Cc1cc(N)cc(Br)c1. The Bertz CT molecular complexity index is 386. The maximum atomic E-state index is 11.5. The zero-order valence-corrected chi connectivity index (χ0v) is 12.0. The van der Waals surface area contributed by atoms with Crippen LogP contribution in [0.2, 0.25) is 0 Å². The molecule has 0 aliphatic heterocycles. The van der Waals surface area contributed by atoms with E-state index in [1.54, 1.807) is 19.0 Å². The molecule has 0 saturated heterocycles. The standard InChI is InChI=1S/C12H18BrN3O/c1-15(2)12(17)8-16(3)7-9-4-10(13)6-11(14)5-9/h4-6H,7-8,14H2,1-3H3. The predicted molar refractivity (Wildman–Crippen MR) is 73.6 cm³/mol. The Labute approximate surface area is 111 Å². The molecule has 4 nitrogen and oxygen atoms in total. The number of nitrogens with zero attached hydrogens (tertiary/aromatic N) is 2. The van der Waals surface area contributed by atoms with Crippen LogP contribution in [-0.2, 0) is 11.3 Å². The van der Waals surface area contributed by atoms with Crippen LogP contribution in [0, 0.1) is 0 Å². The number of nitrogen functional groups attached to an aromatic ring is 1. The molecular formula is C12H18BrN3O. The highest BCUT2D eigenvalue weighted by Crippen LogP contribution is 2.18.